The molecular formula is C25H23N3O2S. The van der Waals surface area contributed by atoms with Gasteiger partial charge in [0.15, 0.2) is 0 Å². The molecule has 0 unspecified atom stereocenters. The second kappa shape index (κ2) is 7.80. The van der Waals surface area contributed by atoms with Crippen molar-refractivity contribution in [2.24, 2.45) is 0 Å². The maximum atomic E-state index is 13.6. The van der Waals surface area contributed by atoms with Crippen molar-refractivity contribution >= 4 is 27.2 Å². The first-order valence-electron chi connectivity index (χ1n) is 10.2. The zero-order chi connectivity index (χ0) is 21.5. The van der Waals surface area contributed by atoms with Crippen LogP contribution in [-0.4, -0.2) is 30.6 Å². The number of nitrogens with two attached hydrogens (primary N) is 1. The number of ether oxygens (including phenoxy) is 1. The second-order valence-corrected chi connectivity index (χ2v) is 8.85. The largest absolute Gasteiger partial charge is 0.497 e. The zero-order valence-corrected chi connectivity index (χ0v) is 18.3. The maximum absolute atomic E-state index is 13.6. The highest BCUT2D eigenvalue weighted by Crippen LogP contribution is 2.39. The van der Waals surface area contributed by atoms with E-state index in [4.69, 9.17) is 15.5 Å². The van der Waals surface area contributed by atoms with Gasteiger partial charge in [0.05, 0.1) is 23.1 Å². The highest BCUT2D eigenvalue weighted by atomic mass is 32.1. The standard InChI is InChI=1S/C25H23N3O2S/c1-28-13-12-19-18(14-28)20(15-6-4-3-5-7-15)21-23(29)22(26)24(31-25(21)27-19)16-8-10-17(30-2)11-9-16/h3-11H,12-14,26H2,1-2H3. The van der Waals surface area contributed by atoms with Crippen LogP contribution in [0.5, 0.6) is 5.75 Å². The number of likely N-dealkylation sites (N-methyl/N-ethyl adjacent to an activating group) is 1. The van der Waals surface area contributed by atoms with Gasteiger partial charge < -0.3 is 15.4 Å². The van der Waals surface area contributed by atoms with E-state index in [1.807, 2.05) is 42.5 Å². The van der Waals surface area contributed by atoms with Gasteiger partial charge >= 0.3 is 0 Å². The predicted octanol–water partition coefficient (Wildman–Crippen LogP) is 4.57. The van der Waals surface area contributed by atoms with E-state index in [-0.39, 0.29) is 11.1 Å². The lowest BCUT2D eigenvalue weighted by molar-refractivity contribution is 0.311. The summed E-state index contributed by atoms with van der Waals surface area (Å²) in [5.74, 6) is 0.762. The van der Waals surface area contributed by atoms with Crippen LogP contribution in [0.25, 0.3) is 31.8 Å². The number of rotatable bonds is 3. The first kappa shape index (κ1) is 19.7. The number of benzene rings is 2. The average molecular weight is 430 g/mol. The van der Waals surface area contributed by atoms with Crippen LogP contribution >= 0.6 is 11.3 Å². The van der Waals surface area contributed by atoms with Crippen LogP contribution in [0.1, 0.15) is 11.3 Å². The molecule has 2 aromatic heterocycles. The molecule has 6 heteroatoms. The van der Waals surface area contributed by atoms with Crippen LogP contribution < -0.4 is 15.9 Å². The van der Waals surface area contributed by atoms with Crippen LogP contribution in [0, 0.1) is 0 Å². The fraction of sp³-hybridized carbons (Fsp3) is 0.200. The summed E-state index contributed by atoms with van der Waals surface area (Å²) in [6.45, 7) is 1.72. The fourth-order valence-electron chi connectivity index (χ4n) is 4.23. The van der Waals surface area contributed by atoms with Gasteiger partial charge in [-0.3, -0.25) is 4.79 Å². The van der Waals surface area contributed by atoms with Crippen molar-refractivity contribution in [3.8, 4) is 27.3 Å². The van der Waals surface area contributed by atoms with Crippen molar-refractivity contribution in [2.45, 2.75) is 13.0 Å². The third-order valence-electron chi connectivity index (χ3n) is 5.84. The number of hydrogen-bond acceptors (Lipinski definition) is 6. The van der Waals surface area contributed by atoms with Crippen molar-refractivity contribution in [3.05, 3.63) is 76.1 Å². The Balaban J connectivity index is 1.83. The minimum absolute atomic E-state index is 0.151. The van der Waals surface area contributed by atoms with Crippen molar-refractivity contribution in [1.29, 1.82) is 0 Å². The summed E-state index contributed by atoms with van der Waals surface area (Å²) in [7, 11) is 3.73. The molecule has 4 aromatic rings. The quantitative estimate of drug-likeness (QED) is 0.517. The van der Waals surface area contributed by atoms with Gasteiger partial charge in [0.1, 0.15) is 10.6 Å². The van der Waals surface area contributed by atoms with Crippen LogP contribution in [0.15, 0.2) is 59.4 Å². The average Bonchev–Trinajstić information content (AvgIpc) is 2.81. The molecule has 5 rings (SSSR count). The lowest BCUT2D eigenvalue weighted by Gasteiger charge is -2.27. The van der Waals surface area contributed by atoms with Crippen LogP contribution in [-0.2, 0) is 13.0 Å². The van der Waals surface area contributed by atoms with E-state index in [0.29, 0.717) is 5.39 Å². The van der Waals surface area contributed by atoms with Crippen LogP contribution in [0.4, 0.5) is 5.69 Å². The molecule has 0 radical (unpaired) electrons. The van der Waals surface area contributed by atoms with E-state index in [9.17, 15) is 4.79 Å². The van der Waals surface area contributed by atoms with Gasteiger partial charge in [0, 0.05) is 30.8 Å². The molecule has 2 aromatic carbocycles. The molecular weight excluding hydrogens is 406 g/mol. The Morgan fingerprint density at radius 2 is 1.81 bits per heavy atom. The van der Waals surface area contributed by atoms with Crippen molar-refractivity contribution in [2.75, 3.05) is 26.4 Å². The Morgan fingerprint density at radius 3 is 2.52 bits per heavy atom. The molecule has 0 saturated carbocycles. The third kappa shape index (κ3) is 3.38. The summed E-state index contributed by atoms with van der Waals surface area (Å²) in [5, 5.41) is 0.625. The molecule has 0 saturated heterocycles. The van der Waals surface area contributed by atoms with E-state index in [0.717, 1.165) is 62.9 Å². The van der Waals surface area contributed by atoms with Gasteiger partial charge in [-0.1, -0.05) is 30.3 Å². The summed E-state index contributed by atoms with van der Waals surface area (Å²) in [6.07, 6.45) is 0.866. The molecule has 156 valence electrons. The molecule has 3 heterocycles. The van der Waals surface area contributed by atoms with Gasteiger partial charge in [-0.25, -0.2) is 4.98 Å². The summed E-state index contributed by atoms with van der Waals surface area (Å²) >= 11 is 1.49. The smallest absolute Gasteiger partial charge is 0.213 e. The highest BCUT2D eigenvalue weighted by Gasteiger charge is 2.25. The third-order valence-corrected chi connectivity index (χ3v) is 6.99. The Hall–Kier alpha value is -3.22. The summed E-state index contributed by atoms with van der Waals surface area (Å²) in [4.78, 5) is 22.3. The summed E-state index contributed by atoms with van der Waals surface area (Å²) in [5.41, 5.74) is 11.7. The number of fused-ring (bicyclic) bond motifs is 2. The zero-order valence-electron chi connectivity index (χ0n) is 17.5. The molecule has 0 bridgehead atoms. The molecule has 0 spiro atoms. The number of nitrogen functional groups attached to an aromatic ring is 1. The number of pyridine rings is 1. The first-order valence-corrected chi connectivity index (χ1v) is 11.0. The normalized spacial score (nSPS) is 13.9. The van der Waals surface area contributed by atoms with Crippen molar-refractivity contribution in [1.82, 2.24) is 9.88 Å². The van der Waals surface area contributed by atoms with E-state index in [2.05, 4.69) is 24.1 Å². The number of anilines is 1. The van der Waals surface area contributed by atoms with Crippen LogP contribution in [0.3, 0.4) is 0 Å². The molecule has 0 amide bonds. The molecule has 0 fully saturated rings. The summed E-state index contributed by atoms with van der Waals surface area (Å²) in [6, 6.07) is 17.7. The molecule has 31 heavy (non-hydrogen) atoms. The number of aromatic nitrogens is 1. The monoisotopic (exact) mass is 429 g/mol. The second-order valence-electron chi connectivity index (χ2n) is 7.85. The SMILES string of the molecule is COc1ccc(-c2sc3nc4c(c(-c5ccccc5)c3c(=O)c2N)CN(C)CC4)cc1. The fourth-order valence-corrected chi connectivity index (χ4v) is 5.33. The van der Waals surface area contributed by atoms with Gasteiger partial charge in [0.2, 0.25) is 5.43 Å². The van der Waals surface area contributed by atoms with Crippen LogP contribution in [0.2, 0.25) is 0 Å². The van der Waals surface area contributed by atoms with E-state index in [1.54, 1.807) is 7.11 Å². The molecule has 2 N–H and O–H groups in total. The maximum Gasteiger partial charge on any atom is 0.213 e. The number of nitrogens with zero attached hydrogens (tertiary/aromatic N) is 2. The van der Waals surface area contributed by atoms with Gasteiger partial charge in [0.25, 0.3) is 0 Å². The number of hydrogen-bond donors (Lipinski definition) is 1. The lowest BCUT2D eigenvalue weighted by Crippen LogP contribution is -2.28. The highest BCUT2D eigenvalue weighted by molar-refractivity contribution is 7.21. The minimum Gasteiger partial charge on any atom is -0.497 e. The van der Waals surface area contributed by atoms with E-state index >= 15 is 0 Å². The predicted molar refractivity (Wildman–Crippen MR) is 128 cm³/mol. The lowest BCUT2D eigenvalue weighted by atomic mass is 9.92. The molecule has 0 atom stereocenters. The summed E-state index contributed by atoms with van der Waals surface area (Å²) < 4.78 is 5.26. The van der Waals surface area contributed by atoms with Gasteiger partial charge in [-0.15, -0.1) is 11.3 Å². The van der Waals surface area contributed by atoms with Crippen molar-refractivity contribution < 1.29 is 4.74 Å². The Kier molecular flexibility index (Phi) is 4.96. The molecule has 0 aliphatic carbocycles. The topological polar surface area (TPSA) is 68.4 Å². The molecule has 5 nitrogen and oxygen atoms in total. The Morgan fingerprint density at radius 1 is 1.06 bits per heavy atom. The first-order chi connectivity index (χ1) is 15.1. The Labute approximate surface area is 184 Å². The van der Waals surface area contributed by atoms with Crippen molar-refractivity contribution in [3.63, 3.8) is 0 Å². The Bertz CT molecular complexity index is 1330. The van der Waals surface area contributed by atoms with E-state index in [1.165, 1.54) is 11.3 Å². The minimum atomic E-state index is -0.151. The van der Waals surface area contributed by atoms with Gasteiger partial charge in [-0.2, -0.15) is 0 Å². The van der Waals surface area contributed by atoms with Gasteiger partial charge in [-0.05, 0) is 48.0 Å². The molecule has 1 aliphatic heterocycles. The number of methoxy groups -OCH3 is 1. The molecule has 1 aliphatic rings. The van der Waals surface area contributed by atoms with E-state index < -0.39 is 0 Å².